The Morgan fingerprint density at radius 1 is 1.09 bits per heavy atom. The summed E-state index contributed by atoms with van der Waals surface area (Å²) >= 11 is 1.56. The van der Waals surface area contributed by atoms with Crippen molar-refractivity contribution in [1.29, 1.82) is 0 Å². The zero-order valence-electron chi connectivity index (χ0n) is 19.6. The lowest BCUT2D eigenvalue weighted by Gasteiger charge is -2.10. The minimum Gasteiger partial charge on any atom is -0.484 e. The summed E-state index contributed by atoms with van der Waals surface area (Å²) in [6.45, 7) is 7.96. The number of aryl methyl sites for hydroxylation is 2. The zero-order valence-corrected chi connectivity index (χ0v) is 20.4. The molecule has 0 aliphatic rings. The maximum atomic E-state index is 12.5. The van der Waals surface area contributed by atoms with Crippen molar-refractivity contribution in [2.45, 2.75) is 44.4 Å². The van der Waals surface area contributed by atoms with Crippen LogP contribution in [-0.4, -0.2) is 31.7 Å². The lowest BCUT2D eigenvalue weighted by atomic mass is 10.1. The van der Waals surface area contributed by atoms with E-state index in [0.29, 0.717) is 28.7 Å². The van der Waals surface area contributed by atoms with Gasteiger partial charge in [0.1, 0.15) is 12.1 Å². The molecule has 0 atom stereocenters. The molecule has 9 heteroatoms. The van der Waals surface area contributed by atoms with Crippen LogP contribution in [0.5, 0.6) is 5.75 Å². The van der Waals surface area contributed by atoms with E-state index in [4.69, 9.17) is 4.74 Å². The second-order valence-electron chi connectivity index (χ2n) is 8.31. The summed E-state index contributed by atoms with van der Waals surface area (Å²) in [7, 11) is 0. The first-order valence-electron chi connectivity index (χ1n) is 11.0. The van der Waals surface area contributed by atoms with Gasteiger partial charge in [-0.2, -0.15) is 9.50 Å². The van der Waals surface area contributed by atoms with Crippen molar-refractivity contribution < 1.29 is 9.53 Å². The molecule has 0 fully saturated rings. The summed E-state index contributed by atoms with van der Waals surface area (Å²) in [5.74, 6) is 1.39. The standard InChI is InChI=1S/C25H27N5O3S/c1-16(2)29-15-26-25-28-20(12-24(32)30(25)29)14-34-22-9-6-19(7-10-22)27-23(31)13-33-21-8-5-17(3)18(4)11-21/h5-12,15-16H,13-14H2,1-4H3,(H,27,31). The molecule has 176 valence electrons. The number of ether oxygens (including phenoxy) is 1. The molecule has 2 aromatic heterocycles. The lowest BCUT2D eigenvalue weighted by Crippen LogP contribution is -2.22. The first-order chi connectivity index (χ1) is 16.3. The van der Waals surface area contributed by atoms with Gasteiger partial charge < -0.3 is 10.1 Å². The van der Waals surface area contributed by atoms with Gasteiger partial charge >= 0.3 is 0 Å². The molecule has 34 heavy (non-hydrogen) atoms. The molecule has 0 radical (unpaired) electrons. The number of thioether (sulfide) groups is 1. The van der Waals surface area contributed by atoms with Crippen LogP contribution in [0.25, 0.3) is 5.78 Å². The number of aromatic nitrogens is 4. The summed E-state index contributed by atoms with van der Waals surface area (Å²) in [4.78, 5) is 34.5. The van der Waals surface area contributed by atoms with Gasteiger partial charge in [0.2, 0.25) is 0 Å². The quantitative estimate of drug-likeness (QED) is 0.378. The zero-order chi connectivity index (χ0) is 24.2. The Kier molecular flexibility index (Phi) is 7.02. The number of carbonyl (C=O) groups excluding carboxylic acids is 1. The summed E-state index contributed by atoms with van der Waals surface area (Å²) in [5.41, 5.74) is 3.52. The average Bonchev–Trinajstić information content (AvgIpc) is 3.24. The summed E-state index contributed by atoms with van der Waals surface area (Å²) in [6, 6.07) is 14.9. The fourth-order valence-corrected chi connectivity index (χ4v) is 4.14. The third-order valence-electron chi connectivity index (χ3n) is 5.36. The molecular formula is C25H27N5O3S. The van der Waals surface area contributed by atoms with Crippen molar-refractivity contribution in [1.82, 2.24) is 19.2 Å². The normalized spacial score (nSPS) is 11.2. The smallest absolute Gasteiger partial charge is 0.274 e. The molecule has 2 heterocycles. The Morgan fingerprint density at radius 3 is 2.56 bits per heavy atom. The van der Waals surface area contributed by atoms with Crippen LogP contribution in [0.4, 0.5) is 5.69 Å². The van der Waals surface area contributed by atoms with Crippen LogP contribution in [0.3, 0.4) is 0 Å². The Morgan fingerprint density at radius 2 is 1.85 bits per heavy atom. The number of hydrogen-bond acceptors (Lipinski definition) is 6. The largest absolute Gasteiger partial charge is 0.484 e. The second kappa shape index (κ2) is 10.1. The number of rotatable bonds is 8. The highest BCUT2D eigenvalue weighted by Crippen LogP contribution is 2.23. The second-order valence-corrected chi connectivity index (χ2v) is 9.36. The molecule has 4 aromatic rings. The summed E-state index contributed by atoms with van der Waals surface area (Å²) < 4.78 is 8.84. The van der Waals surface area contributed by atoms with Crippen LogP contribution in [0.15, 0.2) is 64.5 Å². The number of anilines is 1. The van der Waals surface area contributed by atoms with Crippen LogP contribution >= 0.6 is 11.8 Å². The minimum atomic E-state index is -0.225. The molecule has 4 rings (SSSR count). The predicted molar refractivity (Wildman–Crippen MR) is 134 cm³/mol. The Bertz CT molecular complexity index is 1380. The predicted octanol–water partition coefficient (Wildman–Crippen LogP) is 4.40. The maximum absolute atomic E-state index is 12.5. The minimum absolute atomic E-state index is 0.0603. The third-order valence-corrected chi connectivity index (χ3v) is 6.40. The Hall–Kier alpha value is -3.59. The molecule has 0 unspecified atom stereocenters. The molecular weight excluding hydrogens is 450 g/mol. The topological polar surface area (TPSA) is 90.5 Å². The van der Waals surface area contributed by atoms with E-state index in [-0.39, 0.29) is 24.1 Å². The van der Waals surface area contributed by atoms with Crippen molar-refractivity contribution in [3.63, 3.8) is 0 Å². The van der Waals surface area contributed by atoms with Crippen LogP contribution in [0.2, 0.25) is 0 Å². The summed E-state index contributed by atoms with van der Waals surface area (Å²) in [6.07, 6.45) is 1.63. The van der Waals surface area contributed by atoms with Crippen molar-refractivity contribution in [3.8, 4) is 5.75 Å². The molecule has 0 aliphatic carbocycles. The maximum Gasteiger partial charge on any atom is 0.274 e. The molecule has 8 nitrogen and oxygen atoms in total. The third kappa shape index (κ3) is 5.48. The lowest BCUT2D eigenvalue weighted by molar-refractivity contribution is -0.118. The fourth-order valence-electron chi connectivity index (χ4n) is 3.35. The van der Waals surface area contributed by atoms with Gasteiger partial charge in [-0.15, -0.1) is 11.8 Å². The van der Waals surface area contributed by atoms with E-state index in [1.165, 1.54) is 10.1 Å². The first kappa shape index (κ1) is 23.6. The highest BCUT2D eigenvalue weighted by Gasteiger charge is 2.11. The van der Waals surface area contributed by atoms with E-state index in [2.05, 4.69) is 15.3 Å². The van der Waals surface area contributed by atoms with Gasteiger partial charge in [-0.05, 0) is 75.2 Å². The van der Waals surface area contributed by atoms with E-state index in [1.54, 1.807) is 28.8 Å². The van der Waals surface area contributed by atoms with Crippen molar-refractivity contribution in [2.75, 3.05) is 11.9 Å². The van der Waals surface area contributed by atoms with E-state index in [0.717, 1.165) is 10.5 Å². The molecule has 0 saturated carbocycles. The van der Waals surface area contributed by atoms with Crippen LogP contribution in [0.1, 0.15) is 36.7 Å². The molecule has 0 aliphatic heterocycles. The number of nitrogens with one attached hydrogen (secondary N) is 1. The molecule has 0 spiro atoms. The van der Waals surface area contributed by atoms with Gasteiger partial charge in [-0.3, -0.25) is 14.3 Å². The average molecular weight is 478 g/mol. The Balaban J connectivity index is 1.31. The van der Waals surface area contributed by atoms with Gasteiger partial charge in [0.25, 0.3) is 17.2 Å². The molecule has 0 bridgehead atoms. The van der Waals surface area contributed by atoms with Crippen LogP contribution in [0, 0.1) is 13.8 Å². The van der Waals surface area contributed by atoms with E-state index < -0.39 is 0 Å². The molecule has 1 N–H and O–H groups in total. The van der Waals surface area contributed by atoms with Crippen molar-refractivity contribution in [2.24, 2.45) is 0 Å². The number of fused-ring (bicyclic) bond motifs is 1. The number of carbonyl (C=O) groups is 1. The molecule has 1 amide bonds. The highest BCUT2D eigenvalue weighted by atomic mass is 32.2. The van der Waals surface area contributed by atoms with Gasteiger partial charge in [-0.1, -0.05) is 6.07 Å². The number of hydrogen-bond donors (Lipinski definition) is 1. The number of amides is 1. The van der Waals surface area contributed by atoms with E-state index in [1.807, 2.05) is 70.2 Å². The van der Waals surface area contributed by atoms with Gasteiger partial charge in [0.05, 0.1) is 5.69 Å². The van der Waals surface area contributed by atoms with E-state index >= 15 is 0 Å². The first-order valence-corrected chi connectivity index (χ1v) is 12.0. The molecule has 0 saturated heterocycles. The number of benzene rings is 2. The van der Waals surface area contributed by atoms with E-state index in [9.17, 15) is 9.59 Å². The van der Waals surface area contributed by atoms with Crippen molar-refractivity contribution >= 4 is 29.1 Å². The molecule has 2 aromatic carbocycles. The van der Waals surface area contributed by atoms with Gasteiger partial charge in [0, 0.05) is 28.4 Å². The SMILES string of the molecule is Cc1ccc(OCC(=O)Nc2ccc(SCc3cc(=O)n4c(ncn4C(C)C)n3)cc2)cc1C. The van der Waals surface area contributed by atoms with Crippen LogP contribution in [-0.2, 0) is 10.5 Å². The summed E-state index contributed by atoms with van der Waals surface area (Å²) in [5, 5.41) is 2.84. The Labute approximate surface area is 202 Å². The van der Waals surface area contributed by atoms with Gasteiger partial charge in [0.15, 0.2) is 6.61 Å². The highest BCUT2D eigenvalue weighted by molar-refractivity contribution is 7.98. The fraction of sp³-hybridized carbons (Fsp3) is 0.280. The number of nitrogens with zero attached hydrogens (tertiary/aromatic N) is 4. The van der Waals surface area contributed by atoms with Crippen LogP contribution < -0.4 is 15.6 Å². The monoisotopic (exact) mass is 477 g/mol. The van der Waals surface area contributed by atoms with Gasteiger partial charge in [-0.25, -0.2) is 4.98 Å². The van der Waals surface area contributed by atoms with Crippen molar-refractivity contribution in [3.05, 3.63) is 82.0 Å².